The lowest BCUT2D eigenvalue weighted by molar-refractivity contribution is -0.141. The maximum Gasteiger partial charge on any atom is 0.434 e. The Morgan fingerprint density at radius 3 is 2.43 bits per heavy atom. The van der Waals surface area contributed by atoms with Crippen molar-refractivity contribution in [3.05, 3.63) is 40.9 Å². The molecule has 0 saturated heterocycles. The van der Waals surface area contributed by atoms with Gasteiger partial charge >= 0.3 is 6.18 Å². The SMILES string of the molecule is CC(C)CNCc1sc(-c2ccccc2)nc1C(F)(F)F. The van der Waals surface area contributed by atoms with Crippen LogP contribution in [0.5, 0.6) is 0 Å². The summed E-state index contributed by atoms with van der Waals surface area (Å²) < 4.78 is 39.2. The van der Waals surface area contributed by atoms with Gasteiger partial charge in [0.05, 0.1) is 4.88 Å². The lowest BCUT2D eigenvalue weighted by atomic mass is 10.2. The molecule has 2 nitrogen and oxygen atoms in total. The van der Waals surface area contributed by atoms with Gasteiger partial charge in [0.2, 0.25) is 0 Å². The molecule has 0 spiro atoms. The van der Waals surface area contributed by atoms with E-state index in [0.29, 0.717) is 23.0 Å². The molecule has 1 aromatic heterocycles. The second-order valence-corrected chi connectivity index (χ2v) is 6.26. The van der Waals surface area contributed by atoms with Crippen molar-refractivity contribution in [2.24, 2.45) is 5.92 Å². The Balaban J connectivity index is 2.28. The minimum atomic E-state index is -4.42. The van der Waals surface area contributed by atoms with Crippen LogP contribution in [0.2, 0.25) is 0 Å². The molecule has 0 atom stereocenters. The number of hydrogen-bond acceptors (Lipinski definition) is 3. The molecule has 0 fully saturated rings. The fraction of sp³-hybridized carbons (Fsp3) is 0.400. The largest absolute Gasteiger partial charge is 0.434 e. The molecular weight excluding hydrogens is 297 g/mol. The smallest absolute Gasteiger partial charge is 0.312 e. The van der Waals surface area contributed by atoms with Crippen LogP contribution in [0, 0.1) is 5.92 Å². The van der Waals surface area contributed by atoms with E-state index in [1.54, 1.807) is 24.3 Å². The Bertz CT molecular complexity index is 576. The molecule has 0 unspecified atom stereocenters. The van der Waals surface area contributed by atoms with Crippen LogP contribution in [0.4, 0.5) is 13.2 Å². The van der Waals surface area contributed by atoms with E-state index in [4.69, 9.17) is 0 Å². The van der Waals surface area contributed by atoms with Crippen molar-refractivity contribution < 1.29 is 13.2 Å². The first-order valence-electron chi connectivity index (χ1n) is 6.71. The van der Waals surface area contributed by atoms with Crippen LogP contribution in [0.25, 0.3) is 10.6 Å². The van der Waals surface area contributed by atoms with E-state index in [1.807, 2.05) is 19.9 Å². The molecule has 1 N–H and O–H groups in total. The quantitative estimate of drug-likeness (QED) is 0.874. The summed E-state index contributed by atoms with van der Waals surface area (Å²) in [6, 6.07) is 8.95. The number of rotatable bonds is 5. The third-order valence-electron chi connectivity index (χ3n) is 2.82. The fourth-order valence-corrected chi connectivity index (χ4v) is 2.93. The van der Waals surface area contributed by atoms with Gasteiger partial charge in [-0.15, -0.1) is 11.3 Å². The third-order valence-corrected chi connectivity index (χ3v) is 3.93. The molecule has 0 radical (unpaired) electrons. The molecule has 0 aliphatic heterocycles. The van der Waals surface area contributed by atoms with E-state index in [2.05, 4.69) is 10.3 Å². The maximum absolute atomic E-state index is 13.1. The lowest BCUT2D eigenvalue weighted by Gasteiger charge is -2.08. The number of hydrogen-bond donors (Lipinski definition) is 1. The molecule has 2 aromatic rings. The maximum atomic E-state index is 13.1. The van der Waals surface area contributed by atoms with E-state index in [0.717, 1.165) is 11.3 Å². The Morgan fingerprint density at radius 1 is 1.19 bits per heavy atom. The van der Waals surface area contributed by atoms with Crippen LogP contribution in [-0.2, 0) is 12.7 Å². The molecule has 6 heteroatoms. The minimum absolute atomic E-state index is 0.192. The number of thiazole rings is 1. The Labute approximate surface area is 126 Å². The van der Waals surface area contributed by atoms with E-state index in [-0.39, 0.29) is 11.4 Å². The predicted octanol–water partition coefficient (Wildman–Crippen LogP) is 4.57. The zero-order chi connectivity index (χ0) is 15.5. The van der Waals surface area contributed by atoms with Gasteiger partial charge < -0.3 is 5.32 Å². The van der Waals surface area contributed by atoms with Crippen LogP contribution in [0.1, 0.15) is 24.4 Å². The van der Waals surface area contributed by atoms with Gasteiger partial charge in [-0.3, -0.25) is 0 Å². The summed E-state index contributed by atoms with van der Waals surface area (Å²) >= 11 is 1.10. The molecule has 2 rings (SSSR count). The van der Waals surface area contributed by atoms with Gasteiger partial charge in [-0.1, -0.05) is 44.2 Å². The number of aromatic nitrogens is 1. The van der Waals surface area contributed by atoms with Gasteiger partial charge in [-0.05, 0) is 12.5 Å². The highest BCUT2D eigenvalue weighted by Gasteiger charge is 2.37. The first-order chi connectivity index (χ1) is 9.88. The van der Waals surface area contributed by atoms with Crippen LogP contribution < -0.4 is 5.32 Å². The average molecular weight is 314 g/mol. The third kappa shape index (κ3) is 4.28. The number of alkyl halides is 3. The van der Waals surface area contributed by atoms with Crippen LogP contribution >= 0.6 is 11.3 Å². The van der Waals surface area contributed by atoms with Crippen molar-refractivity contribution >= 4 is 11.3 Å². The van der Waals surface area contributed by atoms with E-state index in [1.165, 1.54) is 0 Å². The topological polar surface area (TPSA) is 24.9 Å². The highest BCUT2D eigenvalue weighted by molar-refractivity contribution is 7.15. The molecule has 0 aliphatic carbocycles. The van der Waals surface area contributed by atoms with Crippen molar-refractivity contribution in [3.8, 4) is 10.6 Å². The number of benzene rings is 1. The Morgan fingerprint density at radius 2 is 1.86 bits per heavy atom. The van der Waals surface area contributed by atoms with Crippen molar-refractivity contribution in [2.75, 3.05) is 6.54 Å². The van der Waals surface area contributed by atoms with Gasteiger partial charge in [0.15, 0.2) is 5.69 Å². The minimum Gasteiger partial charge on any atom is -0.312 e. The van der Waals surface area contributed by atoms with Crippen molar-refractivity contribution in [1.82, 2.24) is 10.3 Å². The molecule has 1 heterocycles. The predicted molar refractivity (Wildman–Crippen MR) is 79.1 cm³/mol. The lowest BCUT2D eigenvalue weighted by Crippen LogP contribution is -2.20. The molecule has 1 aromatic carbocycles. The van der Waals surface area contributed by atoms with Gasteiger partial charge in [0.1, 0.15) is 5.01 Å². The van der Waals surface area contributed by atoms with E-state index < -0.39 is 11.9 Å². The second kappa shape index (κ2) is 6.58. The first kappa shape index (κ1) is 16.0. The summed E-state index contributed by atoms with van der Waals surface area (Å²) in [5, 5.41) is 3.46. The highest BCUT2D eigenvalue weighted by atomic mass is 32.1. The van der Waals surface area contributed by atoms with Gasteiger partial charge in [0.25, 0.3) is 0 Å². The van der Waals surface area contributed by atoms with Gasteiger partial charge in [-0.2, -0.15) is 13.2 Å². The first-order valence-corrected chi connectivity index (χ1v) is 7.52. The summed E-state index contributed by atoms with van der Waals surface area (Å²) in [5.41, 5.74) is -0.0641. The fourth-order valence-electron chi connectivity index (χ4n) is 1.87. The summed E-state index contributed by atoms with van der Waals surface area (Å²) in [5.74, 6) is 0.390. The molecule has 0 saturated carbocycles. The van der Waals surface area contributed by atoms with Crippen LogP contribution in [0.3, 0.4) is 0 Å². The van der Waals surface area contributed by atoms with Crippen LogP contribution in [0.15, 0.2) is 30.3 Å². The summed E-state index contributed by atoms with van der Waals surface area (Å²) in [4.78, 5) is 4.04. The standard InChI is InChI=1S/C15H17F3N2S/c1-10(2)8-19-9-12-13(15(16,17)18)20-14(21-12)11-6-4-3-5-7-11/h3-7,10,19H,8-9H2,1-2H3. The molecule has 0 aliphatic rings. The van der Waals surface area contributed by atoms with E-state index >= 15 is 0 Å². The zero-order valence-electron chi connectivity index (χ0n) is 11.9. The van der Waals surface area contributed by atoms with Crippen LogP contribution in [-0.4, -0.2) is 11.5 Å². The molecule has 114 valence electrons. The van der Waals surface area contributed by atoms with Crippen molar-refractivity contribution in [1.29, 1.82) is 0 Å². The summed E-state index contributed by atoms with van der Waals surface area (Å²) in [6.45, 7) is 4.90. The molecule has 0 bridgehead atoms. The number of halogens is 3. The zero-order valence-corrected chi connectivity index (χ0v) is 12.7. The Hall–Kier alpha value is -1.40. The summed E-state index contributed by atoms with van der Waals surface area (Å²) in [6.07, 6.45) is -4.42. The number of nitrogens with zero attached hydrogens (tertiary/aromatic N) is 1. The van der Waals surface area contributed by atoms with Crippen molar-refractivity contribution in [2.45, 2.75) is 26.6 Å². The molecule has 21 heavy (non-hydrogen) atoms. The Kier molecular flexibility index (Phi) is 5.00. The van der Waals surface area contributed by atoms with E-state index in [9.17, 15) is 13.2 Å². The van der Waals surface area contributed by atoms with Gasteiger partial charge in [-0.25, -0.2) is 4.98 Å². The number of nitrogens with one attached hydrogen (secondary N) is 1. The van der Waals surface area contributed by atoms with Gasteiger partial charge in [0, 0.05) is 12.1 Å². The van der Waals surface area contributed by atoms with Crippen molar-refractivity contribution in [3.63, 3.8) is 0 Å². The second-order valence-electron chi connectivity index (χ2n) is 5.18. The average Bonchev–Trinajstić information content (AvgIpc) is 2.83. The highest BCUT2D eigenvalue weighted by Crippen LogP contribution is 2.37. The summed E-state index contributed by atoms with van der Waals surface area (Å²) in [7, 11) is 0. The molecular formula is C15H17F3N2S. The molecule has 0 amide bonds. The monoisotopic (exact) mass is 314 g/mol. The normalized spacial score (nSPS) is 12.1.